The van der Waals surface area contributed by atoms with Crippen molar-refractivity contribution in [2.45, 2.75) is 39.3 Å². The van der Waals surface area contributed by atoms with Crippen molar-refractivity contribution in [1.29, 1.82) is 0 Å². The molecule has 27 heavy (non-hydrogen) atoms. The molecule has 2 unspecified atom stereocenters. The van der Waals surface area contributed by atoms with Gasteiger partial charge in [-0.25, -0.2) is 0 Å². The molecule has 2 fully saturated rings. The summed E-state index contributed by atoms with van der Waals surface area (Å²) in [5.41, 5.74) is 7.12. The van der Waals surface area contributed by atoms with Crippen LogP contribution in [0.5, 0.6) is 5.75 Å². The molecule has 2 N–H and O–H groups in total. The van der Waals surface area contributed by atoms with Crippen LogP contribution in [0.4, 0.5) is 0 Å². The zero-order chi connectivity index (χ0) is 18.9. The number of hydrogen-bond acceptors (Lipinski definition) is 4. The minimum absolute atomic E-state index is 0. The van der Waals surface area contributed by atoms with Gasteiger partial charge in [-0.15, -0.1) is 12.4 Å². The lowest BCUT2D eigenvalue weighted by atomic mass is 9.79. The number of nitrogens with zero attached hydrogens (tertiary/aromatic N) is 2. The van der Waals surface area contributed by atoms with Crippen LogP contribution in [-0.2, 0) is 16.1 Å². The molecule has 0 radical (unpaired) electrons. The van der Waals surface area contributed by atoms with E-state index in [1.54, 1.807) is 12.0 Å². The van der Waals surface area contributed by atoms with Gasteiger partial charge in [0.25, 0.3) is 0 Å². The van der Waals surface area contributed by atoms with Crippen LogP contribution in [0.3, 0.4) is 0 Å². The van der Waals surface area contributed by atoms with Crippen molar-refractivity contribution < 1.29 is 14.3 Å². The Balaban J connectivity index is 0.00000261. The molecule has 150 valence electrons. The van der Waals surface area contributed by atoms with Crippen molar-refractivity contribution >= 4 is 24.2 Å². The largest absolute Gasteiger partial charge is 0.497 e. The van der Waals surface area contributed by atoms with E-state index in [0.29, 0.717) is 32.6 Å². The number of piperidine rings is 1. The molecule has 2 saturated heterocycles. The average molecular weight is 396 g/mol. The molecular weight excluding hydrogens is 366 g/mol. The first kappa shape index (κ1) is 21.5. The molecule has 2 amide bonds. The first-order valence-electron chi connectivity index (χ1n) is 9.25. The number of carbonyl (C=O) groups excluding carboxylic acids is 2. The first-order valence-corrected chi connectivity index (χ1v) is 9.25. The van der Waals surface area contributed by atoms with Crippen LogP contribution < -0.4 is 10.5 Å². The highest BCUT2D eigenvalue weighted by atomic mass is 35.5. The van der Waals surface area contributed by atoms with E-state index in [0.717, 1.165) is 17.7 Å². The standard InChI is InChI=1S/C20H29N3O3.ClH/c1-20(2)13-22(9-8-17(20)21)19(25)15-10-18(24)23(12-15)11-14-4-6-16(26-3)7-5-14;/h4-7,15,17H,8-13,21H2,1-3H3;1H. The second-order valence-electron chi connectivity index (χ2n) is 8.17. The van der Waals surface area contributed by atoms with Crippen LogP contribution in [-0.4, -0.2) is 54.4 Å². The van der Waals surface area contributed by atoms with Crippen LogP contribution in [0.1, 0.15) is 32.3 Å². The summed E-state index contributed by atoms with van der Waals surface area (Å²) in [6.45, 7) is 6.58. The van der Waals surface area contributed by atoms with Crippen LogP contribution in [0.25, 0.3) is 0 Å². The normalized spacial score (nSPS) is 24.5. The minimum Gasteiger partial charge on any atom is -0.497 e. The number of benzene rings is 1. The molecule has 6 nitrogen and oxygen atoms in total. The summed E-state index contributed by atoms with van der Waals surface area (Å²) in [7, 11) is 1.63. The molecule has 2 aliphatic rings. The highest BCUT2D eigenvalue weighted by molar-refractivity contribution is 5.89. The monoisotopic (exact) mass is 395 g/mol. The van der Waals surface area contributed by atoms with Crippen molar-refractivity contribution in [3.05, 3.63) is 29.8 Å². The summed E-state index contributed by atoms with van der Waals surface area (Å²) in [6, 6.07) is 7.80. The third-order valence-corrected chi connectivity index (χ3v) is 5.72. The van der Waals surface area contributed by atoms with Gasteiger partial charge in [0.2, 0.25) is 11.8 Å². The van der Waals surface area contributed by atoms with Gasteiger partial charge >= 0.3 is 0 Å². The van der Waals surface area contributed by atoms with Crippen molar-refractivity contribution in [2.24, 2.45) is 17.1 Å². The fourth-order valence-electron chi connectivity index (χ4n) is 3.86. The topological polar surface area (TPSA) is 75.9 Å². The van der Waals surface area contributed by atoms with Crippen LogP contribution >= 0.6 is 12.4 Å². The molecule has 2 atom stereocenters. The molecule has 2 heterocycles. The van der Waals surface area contributed by atoms with Gasteiger partial charge < -0.3 is 20.3 Å². The van der Waals surface area contributed by atoms with E-state index >= 15 is 0 Å². The molecule has 1 aromatic carbocycles. The Morgan fingerprint density at radius 2 is 1.96 bits per heavy atom. The molecule has 0 aliphatic carbocycles. The molecule has 0 aromatic heterocycles. The lowest BCUT2D eigenvalue weighted by molar-refractivity contribution is -0.139. The number of rotatable bonds is 4. The van der Waals surface area contributed by atoms with E-state index in [2.05, 4.69) is 13.8 Å². The Morgan fingerprint density at radius 3 is 2.56 bits per heavy atom. The SMILES string of the molecule is COc1ccc(CN2CC(C(=O)N3CCC(N)C(C)(C)C3)CC2=O)cc1.Cl. The van der Waals surface area contributed by atoms with Crippen molar-refractivity contribution in [1.82, 2.24) is 9.80 Å². The van der Waals surface area contributed by atoms with Crippen molar-refractivity contribution in [3.63, 3.8) is 0 Å². The molecule has 0 saturated carbocycles. The second kappa shape index (κ2) is 8.48. The Hall–Kier alpha value is -1.79. The zero-order valence-corrected chi connectivity index (χ0v) is 17.1. The summed E-state index contributed by atoms with van der Waals surface area (Å²) in [5, 5.41) is 0. The number of methoxy groups -OCH3 is 1. The van der Waals surface area contributed by atoms with E-state index in [9.17, 15) is 9.59 Å². The van der Waals surface area contributed by atoms with E-state index in [1.807, 2.05) is 29.2 Å². The molecule has 0 bridgehead atoms. The Kier molecular flexibility index (Phi) is 6.76. The molecule has 1 aromatic rings. The second-order valence-corrected chi connectivity index (χ2v) is 8.17. The maximum Gasteiger partial charge on any atom is 0.228 e. The maximum atomic E-state index is 12.9. The zero-order valence-electron chi connectivity index (χ0n) is 16.3. The lowest BCUT2D eigenvalue weighted by Gasteiger charge is -2.43. The van der Waals surface area contributed by atoms with Gasteiger partial charge in [0, 0.05) is 38.6 Å². The summed E-state index contributed by atoms with van der Waals surface area (Å²) in [5.74, 6) is 0.689. The number of hydrogen-bond donors (Lipinski definition) is 1. The summed E-state index contributed by atoms with van der Waals surface area (Å²) in [6.07, 6.45) is 1.12. The van der Waals surface area contributed by atoms with Crippen molar-refractivity contribution in [3.8, 4) is 5.75 Å². The fraction of sp³-hybridized carbons (Fsp3) is 0.600. The predicted octanol–water partition coefficient (Wildman–Crippen LogP) is 2.05. The smallest absolute Gasteiger partial charge is 0.228 e. The third kappa shape index (κ3) is 4.74. The average Bonchev–Trinajstić information content (AvgIpc) is 2.98. The van der Waals surface area contributed by atoms with Gasteiger partial charge in [-0.1, -0.05) is 26.0 Å². The maximum absolute atomic E-state index is 12.9. The Morgan fingerprint density at radius 1 is 1.30 bits per heavy atom. The van der Waals surface area contributed by atoms with Gasteiger partial charge in [-0.3, -0.25) is 9.59 Å². The Labute approximate surface area is 167 Å². The number of nitrogens with two attached hydrogens (primary N) is 1. The molecule has 2 aliphatic heterocycles. The number of halogens is 1. The van der Waals surface area contributed by atoms with Gasteiger partial charge in [-0.2, -0.15) is 0 Å². The predicted molar refractivity (Wildman–Crippen MR) is 107 cm³/mol. The summed E-state index contributed by atoms with van der Waals surface area (Å²) >= 11 is 0. The van der Waals surface area contributed by atoms with Gasteiger partial charge in [0.1, 0.15) is 5.75 Å². The van der Waals surface area contributed by atoms with Crippen LogP contribution in [0.2, 0.25) is 0 Å². The minimum atomic E-state index is -0.245. The van der Waals surface area contributed by atoms with Gasteiger partial charge in [0.05, 0.1) is 13.0 Å². The third-order valence-electron chi connectivity index (χ3n) is 5.72. The van der Waals surface area contributed by atoms with E-state index in [1.165, 1.54) is 0 Å². The molecule has 3 rings (SSSR count). The summed E-state index contributed by atoms with van der Waals surface area (Å²) < 4.78 is 5.16. The highest BCUT2D eigenvalue weighted by Crippen LogP contribution is 2.30. The van der Waals surface area contributed by atoms with Crippen LogP contribution in [0, 0.1) is 11.3 Å². The van der Waals surface area contributed by atoms with E-state index in [4.69, 9.17) is 10.5 Å². The van der Waals surface area contributed by atoms with Crippen LogP contribution in [0.15, 0.2) is 24.3 Å². The number of carbonyl (C=O) groups is 2. The number of amides is 2. The van der Waals surface area contributed by atoms with E-state index < -0.39 is 0 Å². The van der Waals surface area contributed by atoms with Gasteiger partial charge in [-0.05, 0) is 29.5 Å². The number of ether oxygens (including phenoxy) is 1. The van der Waals surface area contributed by atoms with Gasteiger partial charge in [0.15, 0.2) is 0 Å². The van der Waals surface area contributed by atoms with E-state index in [-0.39, 0.29) is 41.6 Å². The Bertz CT molecular complexity index is 678. The molecular formula is C20H30ClN3O3. The quantitative estimate of drug-likeness (QED) is 0.846. The van der Waals surface area contributed by atoms with Crippen molar-refractivity contribution in [2.75, 3.05) is 26.7 Å². The first-order chi connectivity index (χ1) is 12.3. The molecule has 7 heteroatoms. The fourth-order valence-corrected chi connectivity index (χ4v) is 3.86. The highest BCUT2D eigenvalue weighted by Gasteiger charge is 2.41. The number of likely N-dealkylation sites (tertiary alicyclic amines) is 2. The lowest BCUT2D eigenvalue weighted by Crippen LogP contribution is -2.55. The summed E-state index contributed by atoms with van der Waals surface area (Å²) in [4.78, 5) is 29.0. The molecule has 0 spiro atoms.